The Hall–Kier alpha value is -2.64. The van der Waals surface area contributed by atoms with Gasteiger partial charge in [-0.15, -0.1) is 0 Å². The van der Waals surface area contributed by atoms with Crippen molar-refractivity contribution in [3.63, 3.8) is 0 Å². The van der Waals surface area contributed by atoms with Crippen molar-refractivity contribution >= 4 is 11.6 Å². The summed E-state index contributed by atoms with van der Waals surface area (Å²) >= 11 is 0. The van der Waals surface area contributed by atoms with Crippen LogP contribution in [0.3, 0.4) is 0 Å². The molecule has 110 valence electrons. The molecule has 8 heteroatoms. The Balaban J connectivity index is 2.11. The fraction of sp³-hybridized carbons (Fsp3) is 0.154. The number of carbonyl (C=O) groups is 1. The minimum Gasteiger partial charge on any atom is -0.311 e. The Bertz CT molecular complexity index is 633. The first-order valence-electron chi connectivity index (χ1n) is 5.80. The van der Waals surface area contributed by atoms with Crippen LogP contribution in [0.15, 0.2) is 48.2 Å². The smallest absolute Gasteiger partial charge is 0.311 e. The number of benzene rings is 1. The van der Waals surface area contributed by atoms with Crippen molar-refractivity contribution in [2.45, 2.75) is 6.18 Å². The van der Waals surface area contributed by atoms with Gasteiger partial charge in [-0.25, -0.2) is 0 Å². The van der Waals surface area contributed by atoms with Crippen LogP contribution < -0.4 is 0 Å². The number of carbonyl (C=O) groups excluding carboxylic acids is 1. The molecule has 0 atom stereocenters. The van der Waals surface area contributed by atoms with E-state index in [9.17, 15) is 28.1 Å². The number of nitro groups is 1. The highest BCUT2D eigenvalue weighted by Crippen LogP contribution is 2.28. The van der Waals surface area contributed by atoms with Gasteiger partial charge in [0.05, 0.1) is 10.5 Å². The molecule has 1 aliphatic heterocycles. The average molecular weight is 298 g/mol. The highest BCUT2D eigenvalue weighted by atomic mass is 19.4. The van der Waals surface area contributed by atoms with Crippen molar-refractivity contribution in [3.05, 3.63) is 63.9 Å². The number of amides is 1. The van der Waals surface area contributed by atoms with Gasteiger partial charge in [-0.3, -0.25) is 14.9 Å². The van der Waals surface area contributed by atoms with Crippen LogP contribution in [-0.4, -0.2) is 28.5 Å². The van der Waals surface area contributed by atoms with Crippen LogP contribution in [0, 0.1) is 10.1 Å². The van der Waals surface area contributed by atoms with Gasteiger partial charge in [0.15, 0.2) is 0 Å². The zero-order chi connectivity index (χ0) is 15.6. The van der Waals surface area contributed by atoms with E-state index in [1.165, 1.54) is 12.1 Å². The van der Waals surface area contributed by atoms with Crippen molar-refractivity contribution in [1.82, 2.24) is 4.90 Å². The van der Waals surface area contributed by atoms with Gasteiger partial charge in [0.2, 0.25) is 0 Å². The molecule has 0 bridgehead atoms. The van der Waals surface area contributed by atoms with Gasteiger partial charge in [-0.1, -0.05) is 6.08 Å². The number of nitro benzene ring substituents is 1. The first-order valence-corrected chi connectivity index (χ1v) is 5.80. The lowest BCUT2D eigenvalue weighted by Crippen LogP contribution is -2.29. The zero-order valence-corrected chi connectivity index (χ0v) is 10.5. The molecule has 0 aliphatic carbocycles. The molecule has 0 spiro atoms. The summed E-state index contributed by atoms with van der Waals surface area (Å²) in [6.45, 7) is -0.207. The minimum absolute atomic E-state index is 0.161. The molecule has 0 radical (unpaired) electrons. The van der Waals surface area contributed by atoms with Gasteiger partial charge in [-0.05, 0) is 18.2 Å². The highest BCUT2D eigenvalue weighted by molar-refractivity contribution is 5.95. The first-order chi connectivity index (χ1) is 9.79. The minimum atomic E-state index is -4.45. The molecule has 1 aliphatic rings. The third kappa shape index (κ3) is 3.28. The van der Waals surface area contributed by atoms with Crippen LogP contribution in [0.5, 0.6) is 0 Å². The second-order valence-corrected chi connectivity index (χ2v) is 4.23. The molecular weight excluding hydrogens is 289 g/mol. The van der Waals surface area contributed by atoms with E-state index in [2.05, 4.69) is 0 Å². The summed E-state index contributed by atoms with van der Waals surface area (Å²) in [6, 6.07) is 4.85. The van der Waals surface area contributed by atoms with E-state index in [0.29, 0.717) is 0 Å². The molecule has 1 amide bonds. The number of halogens is 3. The summed E-state index contributed by atoms with van der Waals surface area (Å²) in [5.41, 5.74) is -0.815. The van der Waals surface area contributed by atoms with Crippen molar-refractivity contribution in [3.8, 4) is 0 Å². The first kappa shape index (κ1) is 14.8. The number of hydrogen-bond acceptors (Lipinski definition) is 3. The van der Waals surface area contributed by atoms with Crippen LogP contribution >= 0.6 is 0 Å². The van der Waals surface area contributed by atoms with Gasteiger partial charge >= 0.3 is 6.18 Å². The van der Waals surface area contributed by atoms with Gasteiger partial charge in [-0.2, -0.15) is 13.2 Å². The van der Waals surface area contributed by atoms with Gasteiger partial charge in [0.1, 0.15) is 0 Å². The Morgan fingerprint density at radius 1 is 1.24 bits per heavy atom. The molecule has 1 aromatic rings. The molecule has 1 heterocycles. The molecule has 21 heavy (non-hydrogen) atoms. The maximum Gasteiger partial charge on any atom is 0.416 e. The third-order valence-electron chi connectivity index (χ3n) is 2.86. The summed E-state index contributed by atoms with van der Waals surface area (Å²) in [5.74, 6) is -0.529. The van der Waals surface area contributed by atoms with Crippen LogP contribution in [0.4, 0.5) is 18.9 Å². The molecule has 1 aromatic carbocycles. The summed E-state index contributed by atoms with van der Waals surface area (Å²) in [5, 5.41) is 10.5. The molecule has 0 saturated carbocycles. The number of allylic oxidation sites excluding steroid dienone is 2. The monoisotopic (exact) mass is 298 g/mol. The van der Waals surface area contributed by atoms with E-state index in [-0.39, 0.29) is 17.8 Å². The molecule has 2 rings (SSSR count). The fourth-order valence-corrected chi connectivity index (χ4v) is 1.75. The maximum atomic E-state index is 12.4. The van der Waals surface area contributed by atoms with Crippen molar-refractivity contribution < 1.29 is 22.9 Å². The topological polar surface area (TPSA) is 63.4 Å². The third-order valence-corrected chi connectivity index (χ3v) is 2.86. The van der Waals surface area contributed by atoms with Crippen LogP contribution in [0.2, 0.25) is 0 Å². The Morgan fingerprint density at radius 3 is 2.29 bits per heavy atom. The average Bonchev–Trinajstić information content (AvgIpc) is 2.46. The van der Waals surface area contributed by atoms with E-state index in [0.717, 1.165) is 35.4 Å². The van der Waals surface area contributed by atoms with Gasteiger partial charge in [0, 0.05) is 30.4 Å². The van der Waals surface area contributed by atoms with E-state index in [1.807, 2.05) is 0 Å². The van der Waals surface area contributed by atoms with Crippen LogP contribution in [-0.2, 0) is 0 Å². The number of nitrogens with zero attached hydrogens (tertiary/aromatic N) is 2. The van der Waals surface area contributed by atoms with E-state index in [4.69, 9.17) is 0 Å². The number of hydrogen-bond donors (Lipinski definition) is 0. The zero-order valence-electron chi connectivity index (χ0n) is 10.5. The number of alkyl halides is 3. The molecule has 0 fully saturated rings. The Kier molecular flexibility index (Phi) is 3.79. The van der Waals surface area contributed by atoms with Gasteiger partial charge in [0.25, 0.3) is 11.6 Å². The summed E-state index contributed by atoms with van der Waals surface area (Å²) in [4.78, 5) is 23.0. The molecule has 0 N–H and O–H groups in total. The standard InChI is InChI=1S/C13H9F3N2O3/c14-13(15,16)10-5-7-17(8-6-10)12(19)9-1-3-11(4-2-9)18(20)21/h1-7H,8H2. The number of rotatable bonds is 2. The normalized spacial score (nSPS) is 14.8. The van der Waals surface area contributed by atoms with E-state index < -0.39 is 22.6 Å². The van der Waals surface area contributed by atoms with E-state index >= 15 is 0 Å². The summed E-state index contributed by atoms with van der Waals surface area (Å²) in [6.07, 6.45) is -1.68. The molecular formula is C13H9F3N2O3. The predicted octanol–water partition coefficient (Wildman–Crippen LogP) is 3.05. The van der Waals surface area contributed by atoms with Crippen LogP contribution in [0.1, 0.15) is 10.4 Å². The summed E-state index contributed by atoms with van der Waals surface area (Å²) < 4.78 is 37.3. The summed E-state index contributed by atoms with van der Waals surface area (Å²) in [7, 11) is 0. The van der Waals surface area contributed by atoms with Crippen LogP contribution in [0.25, 0.3) is 0 Å². The Labute approximate surface area is 117 Å². The molecule has 0 unspecified atom stereocenters. The quantitative estimate of drug-likeness (QED) is 0.622. The second kappa shape index (κ2) is 5.39. The number of non-ortho nitro benzene ring substituents is 1. The fourth-order valence-electron chi connectivity index (χ4n) is 1.75. The van der Waals surface area contributed by atoms with Crippen molar-refractivity contribution in [2.24, 2.45) is 0 Å². The lowest BCUT2D eigenvalue weighted by atomic mass is 10.1. The predicted molar refractivity (Wildman–Crippen MR) is 67.4 cm³/mol. The molecule has 5 nitrogen and oxygen atoms in total. The SMILES string of the molecule is O=C(c1ccc([N+](=O)[O-])cc1)N1C=CC(C(F)(F)F)=CC1. The van der Waals surface area contributed by atoms with Crippen molar-refractivity contribution in [1.29, 1.82) is 0 Å². The lowest BCUT2D eigenvalue weighted by Gasteiger charge is -2.21. The lowest BCUT2D eigenvalue weighted by molar-refractivity contribution is -0.384. The van der Waals surface area contributed by atoms with E-state index in [1.54, 1.807) is 0 Å². The molecule has 0 saturated heterocycles. The second-order valence-electron chi connectivity index (χ2n) is 4.23. The maximum absolute atomic E-state index is 12.4. The Morgan fingerprint density at radius 2 is 1.86 bits per heavy atom. The van der Waals surface area contributed by atoms with Gasteiger partial charge < -0.3 is 4.90 Å². The van der Waals surface area contributed by atoms with Crippen molar-refractivity contribution in [2.75, 3.05) is 6.54 Å². The largest absolute Gasteiger partial charge is 0.416 e. The highest BCUT2D eigenvalue weighted by Gasteiger charge is 2.33. The molecule has 0 aromatic heterocycles.